The van der Waals surface area contributed by atoms with Gasteiger partial charge in [-0.25, -0.2) is 8.42 Å². The number of aryl methyl sites for hydroxylation is 2. The lowest BCUT2D eigenvalue weighted by atomic mass is 10.0. The zero-order valence-corrected chi connectivity index (χ0v) is 15.5. The van der Waals surface area contributed by atoms with Gasteiger partial charge in [0.1, 0.15) is 4.21 Å². The van der Waals surface area contributed by atoms with Crippen molar-refractivity contribution in [3.63, 3.8) is 0 Å². The van der Waals surface area contributed by atoms with E-state index in [0.29, 0.717) is 16.5 Å². The second-order valence-electron chi connectivity index (χ2n) is 5.90. The predicted octanol–water partition coefficient (Wildman–Crippen LogP) is 3.26. The molecule has 1 aliphatic rings. The van der Waals surface area contributed by atoms with Crippen LogP contribution in [0.4, 0.5) is 11.4 Å². The third kappa shape index (κ3) is 3.74. The molecule has 0 unspecified atom stereocenters. The van der Waals surface area contributed by atoms with Crippen LogP contribution in [0.3, 0.4) is 0 Å². The van der Waals surface area contributed by atoms with E-state index in [9.17, 15) is 8.42 Å². The van der Waals surface area contributed by atoms with Crippen LogP contribution >= 0.6 is 11.3 Å². The molecule has 1 aromatic carbocycles. The minimum atomic E-state index is -3.53. The Kier molecular flexibility index (Phi) is 5.12. The maximum atomic E-state index is 12.5. The summed E-state index contributed by atoms with van der Waals surface area (Å²) < 4.78 is 33.2. The molecule has 130 valence electrons. The highest BCUT2D eigenvalue weighted by atomic mass is 32.2. The molecule has 0 fully saturated rings. The summed E-state index contributed by atoms with van der Waals surface area (Å²) in [5.41, 5.74) is 2.96. The van der Waals surface area contributed by atoms with E-state index in [-0.39, 0.29) is 0 Å². The van der Waals surface area contributed by atoms with Crippen LogP contribution < -0.4 is 9.62 Å². The zero-order valence-electron chi connectivity index (χ0n) is 13.9. The van der Waals surface area contributed by atoms with Gasteiger partial charge in [-0.15, -0.1) is 11.3 Å². The van der Waals surface area contributed by atoms with Crippen molar-refractivity contribution < 1.29 is 13.2 Å². The van der Waals surface area contributed by atoms with E-state index in [0.717, 1.165) is 36.5 Å². The largest absolute Gasteiger partial charge is 0.383 e. The summed E-state index contributed by atoms with van der Waals surface area (Å²) in [7, 11) is -1.84. The molecule has 24 heavy (non-hydrogen) atoms. The van der Waals surface area contributed by atoms with Gasteiger partial charge >= 0.3 is 0 Å². The van der Waals surface area contributed by atoms with Crippen molar-refractivity contribution in [2.45, 2.75) is 24.0 Å². The van der Waals surface area contributed by atoms with Gasteiger partial charge in [0.2, 0.25) is 0 Å². The Labute approximate surface area is 147 Å². The summed E-state index contributed by atoms with van der Waals surface area (Å²) in [6.45, 7) is 4.33. The number of fused-ring (bicyclic) bond motifs is 1. The molecular formula is C17H22N2O3S2. The quantitative estimate of drug-likeness (QED) is 0.852. The first-order valence-corrected chi connectivity index (χ1v) is 10.3. The van der Waals surface area contributed by atoms with Crippen molar-refractivity contribution in [3.8, 4) is 0 Å². The fourth-order valence-corrected chi connectivity index (χ4v) is 5.24. The lowest BCUT2D eigenvalue weighted by Gasteiger charge is -2.31. The van der Waals surface area contributed by atoms with Gasteiger partial charge in [-0.1, -0.05) is 6.07 Å². The van der Waals surface area contributed by atoms with Crippen LogP contribution in [0.25, 0.3) is 0 Å². The van der Waals surface area contributed by atoms with Crippen LogP contribution in [0, 0.1) is 6.92 Å². The molecule has 0 aliphatic carbocycles. The molecular weight excluding hydrogens is 344 g/mol. The first kappa shape index (κ1) is 17.3. The van der Waals surface area contributed by atoms with Crippen molar-refractivity contribution in [1.29, 1.82) is 0 Å². The van der Waals surface area contributed by atoms with Crippen molar-refractivity contribution in [2.75, 3.05) is 36.4 Å². The van der Waals surface area contributed by atoms with Gasteiger partial charge < -0.3 is 9.64 Å². The molecule has 0 saturated heterocycles. The van der Waals surface area contributed by atoms with E-state index in [4.69, 9.17) is 4.74 Å². The third-order valence-corrected chi connectivity index (χ3v) is 6.97. The van der Waals surface area contributed by atoms with Crippen molar-refractivity contribution in [1.82, 2.24) is 0 Å². The molecule has 2 aromatic rings. The van der Waals surface area contributed by atoms with Gasteiger partial charge in [-0.05, 0) is 49.6 Å². The Morgan fingerprint density at radius 3 is 2.83 bits per heavy atom. The topological polar surface area (TPSA) is 58.6 Å². The predicted molar refractivity (Wildman–Crippen MR) is 98.7 cm³/mol. The number of nitrogens with one attached hydrogen (secondary N) is 1. The number of hydrogen-bond acceptors (Lipinski definition) is 5. The Balaban J connectivity index is 1.85. The molecule has 1 aromatic heterocycles. The van der Waals surface area contributed by atoms with Crippen LogP contribution in [0.5, 0.6) is 0 Å². The van der Waals surface area contributed by atoms with Crippen LogP contribution in [-0.2, 0) is 21.2 Å². The number of thiophene rings is 1. The number of benzene rings is 1. The average Bonchev–Trinajstić information content (AvgIpc) is 3.00. The number of ether oxygens (including phenoxy) is 1. The van der Waals surface area contributed by atoms with Crippen molar-refractivity contribution >= 4 is 32.7 Å². The van der Waals surface area contributed by atoms with E-state index in [1.807, 2.05) is 31.2 Å². The van der Waals surface area contributed by atoms with Gasteiger partial charge in [-0.3, -0.25) is 4.72 Å². The Bertz CT molecular complexity index is 815. The number of rotatable bonds is 6. The average molecular weight is 367 g/mol. The minimum Gasteiger partial charge on any atom is -0.383 e. The number of anilines is 2. The Morgan fingerprint density at radius 1 is 1.29 bits per heavy atom. The van der Waals surface area contributed by atoms with E-state index in [1.54, 1.807) is 13.2 Å². The summed E-state index contributed by atoms with van der Waals surface area (Å²) in [5.74, 6) is 0. The molecule has 3 rings (SSSR count). The molecule has 5 nitrogen and oxygen atoms in total. The number of nitrogens with zero attached hydrogens (tertiary/aromatic N) is 1. The van der Waals surface area contributed by atoms with E-state index < -0.39 is 10.0 Å². The lowest BCUT2D eigenvalue weighted by Crippen LogP contribution is -2.32. The molecule has 1 N–H and O–H groups in total. The fourth-order valence-electron chi connectivity index (χ4n) is 2.91. The second-order valence-corrected chi connectivity index (χ2v) is 9.09. The van der Waals surface area contributed by atoms with Crippen LogP contribution in [0.1, 0.15) is 16.9 Å². The number of methoxy groups -OCH3 is 1. The summed E-state index contributed by atoms with van der Waals surface area (Å²) in [6.07, 6.45) is 2.13. The fraction of sp³-hybridized carbons (Fsp3) is 0.412. The van der Waals surface area contributed by atoms with Crippen LogP contribution in [-0.4, -0.2) is 35.2 Å². The van der Waals surface area contributed by atoms with Crippen LogP contribution in [0.15, 0.2) is 34.5 Å². The lowest BCUT2D eigenvalue weighted by molar-refractivity contribution is 0.205. The molecule has 0 bridgehead atoms. The second kappa shape index (κ2) is 7.13. The van der Waals surface area contributed by atoms with E-state index in [1.165, 1.54) is 16.9 Å². The van der Waals surface area contributed by atoms with E-state index in [2.05, 4.69) is 9.62 Å². The normalized spacial score (nSPS) is 14.5. The monoisotopic (exact) mass is 366 g/mol. The van der Waals surface area contributed by atoms with Crippen LogP contribution in [0.2, 0.25) is 0 Å². The van der Waals surface area contributed by atoms with Gasteiger partial charge in [0.15, 0.2) is 0 Å². The maximum absolute atomic E-state index is 12.5. The standard InChI is InChI=1S/C17H22N2O3S2/c1-13-5-8-17(23-13)24(20,21)18-15-7-6-14-4-3-9-19(10-11-22-2)16(14)12-15/h5-8,12,18H,3-4,9-11H2,1-2H3. The van der Waals surface area contributed by atoms with Gasteiger partial charge in [0.05, 0.1) is 12.3 Å². The van der Waals surface area contributed by atoms with Crippen molar-refractivity contribution in [2.24, 2.45) is 0 Å². The number of sulfonamides is 1. The first-order valence-electron chi connectivity index (χ1n) is 7.96. The molecule has 0 radical (unpaired) electrons. The van der Waals surface area contributed by atoms with Gasteiger partial charge in [-0.2, -0.15) is 0 Å². The molecule has 0 atom stereocenters. The van der Waals surface area contributed by atoms with Crippen molar-refractivity contribution in [3.05, 3.63) is 40.8 Å². The highest BCUT2D eigenvalue weighted by Gasteiger charge is 2.20. The molecule has 0 amide bonds. The molecule has 0 saturated carbocycles. The molecule has 1 aliphatic heterocycles. The summed E-state index contributed by atoms with van der Waals surface area (Å²) in [6, 6.07) is 9.26. The molecule has 2 heterocycles. The maximum Gasteiger partial charge on any atom is 0.271 e. The summed E-state index contributed by atoms with van der Waals surface area (Å²) in [5, 5.41) is 0. The molecule has 7 heteroatoms. The highest BCUT2D eigenvalue weighted by molar-refractivity contribution is 7.94. The number of hydrogen-bond donors (Lipinski definition) is 1. The smallest absolute Gasteiger partial charge is 0.271 e. The SMILES string of the molecule is COCCN1CCCc2ccc(NS(=O)(=O)c3ccc(C)s3)cc21. The highest BCUT2D eigenvalue weighted by Crippen LogP contribution is 2.31. The van der Waals surface area contributed by atoms with Gasteiger partial charge in [0.25, 0.3) is 10.0 Å². The zero-order chi connectivity index (χ0) is 17.2. The molecule has 0 spiro atoms. The summed E-state index contributed by atoms with van der Waals surface area (Å²) in [4.78, 5) is 3.24. The minimum absolute atomic E-state index is 0.342. The van der Waals surface area contributed by atoms with Gasteiger partial charge in [0, 0.05) is 30.8 Å². The Morgan fingerprint density at radius 2 is 2.12 bits per heavy atom. The first-order chi connectivity index (χ1) is 11.5. The summed E-state index contributed by atoms with van der Waals surface area (Å²) >= 11 is 1.28. The van der Waals surface area contributed by atoms with E-state index >= 15 is 0 Å². The third-order valence-electron chi connectivity index (χ3n) is 4.10. The Hall–Kier alpha value is -1.57.